The van der Waals surface area contributed by atoms with Gasteiger partial charge in [0.05, 0.1) is 0 Å². The molecule has 2 unspecified atom stereocenters. The molecular formula is C19H28N2O. The third kappa shape index (κ3) is 2.88. The smallest absolute Gasteiger partial charge is 0.167 e. The van der Waals surface area contributed by atoms with Gasteiger partial charge in [0.1, 0.15) is 0 Å². The fraction of sp³-hybridized carbons (Fsp3) is 0.526. The van der Waals surface area contributed by atoms with Gasteiger partial charge in [0.15, 0.2) is 5.78 Å². The lowest BCUT2D eigenvalue weighted by Gasteiger charge is -2.58. The number of rotatable bonds is 4. The van der Waals surface area contributed by atoms with Gasteiger partial charge in [-0.15, -0.1) is 6.58 Å². The van der Waals surface area contributed by atoms with E-state index < -0.39 is 0 Å². The van der Waals surface area contributed by atoms with Crippen LogP contribution >= 0.6 is 0 Å². The van der Waals surface area contributed by atoms with E-state index >= 15 is 0 Å². The molecular weight excluding hydrogens is 272 g/mol. The minimum atomic E-state index is -0.259. The lowest BCUT2D eigenvalue weighted by molar-refractivity contribution is -0.0505. The highest BCUT2D eigenvalue weighted by Crippen LogP contribution is 2.41. The Labute approximate surface area is 134 Å². The van der Waals surface area contributed by atoms with Gasteiger partial charge in [-0.2, -0.15) is 0 Å². The monoisotopic (exact) mass is 300 g/mol. The molecule has 3 nitrogen and oxygen atoms in total. The summed E-state index contributed by atoms with van der Waals surface area (Å²) in [7, 11) is 0. The van der Waals surface area contributed by atoms with Crippen molar-refractivity contribution in [3.63, 3.8) is 0 Å². The summed E-state index contributed by atoms with van der Waals surface area (Å²) >= 11 is 0. The van der Waals surface area contributed by atoms with E-state index in [1.54, 1.807) is 0 Å². The Bertz CT molecular complexity index is 548. The first-order valence-corrected chi connectivity index (χ1v) is 7.95. The highest BCUT2D eigenvalue weighted by molar-refractivity contribution is 5.98. The topological polar surface area (TPSA) is 46.3 Å². The Morgan fingerprint density at radius 3 is 2.45 bits per heavy atom. The van der Waals surface area contributed by atoms with Crippen molar-refractivity contribution < 1.29 is 4.79 Å². The summed E-state index contributed by atoms with van der Waals surface area (Å²) in [6.45, 7) is 13.3. The largest absolute Gasteiger partial charge is 0.325 e. The predicted molar refractivity (Wildman–Crippen MR) is 91.9 cm³/mol. The SMILES string of the molecule is C=CCN1C(C)(C)CC(C(=O)c2ccccc2)C(N)C1(C)C. The van der Waals surface area contributed by atoms with Gasteiger partial charge in [-0.1, -0.05) is 36.4 Å². The maximum absolute atomic E-state index is 12.9. The van der Waals surface area contributed by atoms with Crippen LogP contribution in [0.2, 0.25) is 0 Å². The van der Waals surface area contributed by atoms with Crippen LogP contribution in [0.1, 0.15) is 44.5 Å². The van der Waals surface area contributed by atoms with Crippen LogP contribution in [-0.2, 0) is 0 Å². The number of carbonyl (C=O) groups is 1. The first-order valence-electron chi connectivity index (χ1n) is 7.95. The van der Waals surface area contributed by atoms with Crippen LogP contribution in [-0.4, -0.2) is 34.3 Å². The molecule has 1 aliphatic heterocycles. The molecule has 0 radical (unpaired) electrons. The number of Topliss-reactive ketones (excluding diaryl/α,β-unsaturated/α-hetero) is 1. The van der Waals surface area contributed by atoms with Crippen LogP contribution < -0.4 is 5.73 Å². The van der Waals surface area contributed by atoms with Gasteiger partial charge in [-0.3, -0.25) is 9.69 Å². The summed E-state index contributed by atoms with van der Waals surface area (Å²) in [5.74, 6) is 0.000897. The molecule has 1 aromatic carbocycles. The Kier molecular flexibility index (Phi) is 4.59. The number of likely N-dealkylation sites (tertiary alicyclic amines) is 1. The van der Waals surface area contributed by atoms with Crippen molar-refractivity contribution in [1.29, 1.82) is 0 Å². The molecule has 2 rings (SSSR count). The molecule has 2 atom stereocenters. The van der Waals surface area contributed by atoms with Crippen molar-refractivity contribution in [3.05, 3.63) is 48.6 Å². The van der Waals surface area contributed by atoms with Crippen molar-refractivity contribution in [1.82, 2.24) is 4.90 Å². The number of ketones is 1. The van der Waals surface area contributed by atoms with Crippen molar-refractivity contribution in [3.8, 4) is 0 Å². The summed E-state index contributed by atoms with van der Waals surface area (Å²) in [6.07, 6.45) is 2.68. The maximum Gasteiger partial charge on any atom is 0.167 e. The zero-order chi connectivity index (χ0) is 16.5. The van der Waals surface area contributed by atoms with Gasteiger partial charge in [0.25, 0.3) is 0 Å². The van der Waals surface area contributed by atoms with Gasteiger partial charge < -0.3 is 5.73 Å². The lowest BCUT2D eigenvalue weighted by Crippen LogP contribution is -2.70. The van der Waals surface area contributed by atoms with Crippen LogP contribution in [0.4, 0.5) is 0 Å². The molecule has 2 N–H and O–H groups in total. The summed E-state index contributed by atoms with van der Waals surface area (Å²) in [5, 5.41) is 0. The molecule has 1 fully saturated rings. The normalized spacial score (nSPS) is 27.3. The first-order chi connectivity index (χ1) is 10.2. The van der Waals surface area contributed by atoms with Crippen molar-refractivity contribution in [2.45, 2.75) is 51.2 Å². The molecule has 1 saturated heterocycles. The molecule has 1 aliphatic rings. The number of nitrogens with two attached hydrogens (primary N) is 1. The predicted octanol–water partition coefficient (Wildman–Crippen LogP) is 3.26. The molecule has 0 saturated carbocycles. The minimum absolute atomic E-state index is 0.0946. The van der Waals surface area contributed by atoms with Crippen LogP contribution in [0, 0.1) is 5.92 Å². The maximum atomic E-state index is 12.9. The van der Waals surface area contributed by atoms with E-state index in [0.29, 0.717) is 0 Å². The van der Waals surface area contributed by atoms with Gasteiger partial charge in [-0.25, -0.2) is 0 Å². The van der Waals surface area contributed by atoms with Crippen LogP contribution in [0.15, 0.2) is 43.0 Å². The summed E-state index contributed by atoms with van der Waals surface area (Å²) in [4.78, 5) is 15.3. The van der Waals surface area contributed by atoms with Crippen molar-refractivity contribution in [2.24, 2.45) is 11.7 Å². The Morgan fingerprint density at radius 1 is 1.32 bits per heavy atom. The summed E-state index contributed by atoms with van der Waals surface area (Å²) in [6, 6.07) is 9.30. The third-order valence-electron chi connectivity index (χ3n) is 5.10. The number of hydrogen-bond acceptors (Lipinski definition) is 3. The molecule has 0 amide bonds. The Balaban J connectivity index is 2.36. The van der Waals surface area contributed by atoms with E-state index in [2.05, 4.69) is 39.2 Å². The fourth-order valence-corrected chi connectivity index (χ4v) is 3.91. The highest BCUT2D eigenvalue weighted by atomic mass is 16.1. The van der Waals surface area contributed by atoms with E-state index in [4.69, 9.17) is 5.73 Å². The standard InChI is InChI=1S/C19H28N2O/c1-6-12-21-18(2,3)13-15(17(20)19(21,4)5)16(22)14-10-8-7-9-11-14/h6-11,15,17H,1,12-13,20H2,2-5H3. The second-order valence-corrected chi connectivity index (χ2v) is 7.43. The average molecular weight is 300 g/mol. The number of carbonyl (C=O) groups excluding carboxylic acids is 1. The van der Waals surface area contributed by atoms with Crippen molar-refractivity contribution >= 4 is 5.78 Å². The van der Waals surface area contributed by atoms with Gasteiger partial charge in [0.2, 0.25) is 0 Å². The fourth-order valence-electron chi connectivity index (χ4n) is 3.91. The molecule has 0 aromatic heterocycles. The van der Waals surface area contributed by atoms with E-state index in [1.165, 1.54) is 0 Å². The van der Waals surface area contributed by atoms with Gasteiger partial charge in [-0.05, 0) is 34.1 Å². The molecule has 1 aromatic rings. The summed E-state index contributed by atoms with van der Waals surface area (Å²) in [5.41, 5.74) is 6.94. The molecule has 120 valence electrons. The second-order valence-electron chi connectivity index (χ2n) is 7.43. The number of hydrogen-bond donors (Lipinski definition) is 1. The first kappa shape index (κ1) is 16.9. The molecule has 22 heavy (non-hydrogen) atoms. The Hall–Kier alpha value is -1.45. The lowest BCUT2D eigenvalue weighted by atomic mass is 9.68. The molecule has 0 spiro atoms. The Morgan fingerprint density at radius 2 is 1.91 bits per heavy atom. The second kappa shape index (κ2) is 5.98. The van der Waals surface area contributed by atoms with E-state index in [1.807, 2.05) is 36.4 Å². The van der Waals surface area contributed by atoms with Gasteiger partial charge >= 0.3 is 0 Å². The van der Waals surface area contributed by atoms with E-state index in [0.717, 1.165) is 18.5 Å². The highest BCUT2D eigenvalue weighted by Gasteiger charge is 2.51. The minimum Gasteiger partial charge on any atom is -0.325 e. The average Bonchev–Trinajstić information content (AvgIpc) is 2.48. The quantitative estimate of drug-likeness (QED) is 0.686. The van der Waals surface area contributed by atoms with Crippen LogP contribution in [0.5, 0.6) is 0 Å². The zero-order valence-electron chi connectivity index (χ0n) is 14.2. The van der Waals surface area contributed by atoms with Gasteiger partial charge in [0, 0.05) is 35.1 Å². The zero-order valence-corrected chi connectivity index (χ0v) is 14.2. The van der Waals surface area contributed by atoms with E-state index in [9.17, 15) is 4.79 Å². The number of nitrogens with zero attached hydrogens (tertiary/aromatic N) is 1. The van der Waals surface area contributed by atoms with Crippen LogP contribution in [0.25, 0.3) is 0 Å². The molecule has 0 aliphatic carbocycles. The molecule has 3 heteroatoms. The van der Waals surface area contributed by atoms with Crippen LogP contribution in [0.3, 0.4) is 0 Å². The number of benzene rings is 1. The van der Waals surface area contributed by atoms with E-state index in [-0.39, 0.29) is 28.8 Å². The van der Waals surface area contributed by atoms with Crippen molar-refractivity contribution in [2.75, 3.05) is 6.54 Å². The third-order valence-corrected chi connectivity index (χ3v) is 5.10. The molecule has 0 bridgehead atoms. The summed E-state index contributed by atoms with van der Waals surface area (Å²) < 4.78 is 0. The molecule has 1 heterocycles. The number of piperidine rings is 1.